The first kappa shape index (κ1) is 39.1. The number of benzene rings is 3. The van der Waals surface area contributed by atoms with Crippen molar-refractivity contribution in [2.24, 2.45) is 0 Å². The van der Waals surface area contributed by atoms with Gasteiger partial charge in [0.05, 0.1) is 13.1 Å². The van der Waals surface area contributed by atoms with Crippen LogP contribution in [-0.2, 0) is 26.2 Å². The molecule has 0 unspecified atom stereocenters. The summed E-state index contributed by atoms with van der Waals surface area (Å²) < 4.78 is 128. The van der Waals surface area contributed by atoms with Gasteiger partial charge in [0, 0.05) is 0 Å². The van der Waals surface area contributed by atoms with Crippen LogP contribution in [0.5, 0.6) is 0 Å². The van der Waals surface area contributed by atoms with E-state index in [0.29, 0.717) is 0 Å². The normalized spacial score (nSPS) is 15.0. The number of hydrogen-bond acceptors (Lipinski definition) is 0. The minimum absolute atomic E-state index is 0.885. The fraction of sp³-hybridized carbons (Fsp3) is 0.333. The Balaban J connectivity index is 0.000000376. The van der Waals surface area contributed by atoms with Gasteiger partial charge in [0.1, 0.15) is 13.1 Å². The van der Waals surface area contributed by atoms with Crippen molar-refractivity contribution in [1.82, 2.24) is 9.13 Å². The average molecular weight is 743 g/mol. The summed E-state index contributed by atoms with van der Waals surface area (Å²) in [6.07, 6.45) is 9.42. The van der Waals surface area contributed by atoms with E-state index in [1.807, 2.05) is 0 Å². The molecular weight excluding hydrogens is 706 g/mol. The number of rotatable bonds is 10. The van der Waals surface area contributed by atoms with Crippen molar-refractivity contribution in [3.8, 4) is 0 Å². The van der Waals surface area contributed by atoms with Crippen LogP contribution >= 0.6 is 15.6 Å². The number of aromatic nitrogens is 4. The molecule has 0 N–H and O–H groups in total. The van der Waals surface area contributed by atoms with Gasteiger partial charge in [-0.1, -0.05) is 69.2 Å². The molecule has 0 aliphatic carbocycles. The first-order valence-corrected chi connectivity index (χ1v) is 18.9. The number of halogens is 12. The second kappa shape index (κ2) is 12.8. The molecule has 0 saturated heterocycles. The molecule has 0 atom stereocenters. The Morgan fingerprint density at radius 1 is 0.500 bits per heavy atom. The number of nitrogens with zero attached hydrogens (tertiary/aromatic N) is 4. The zero-order valence-corrected chi connectivity index (χ0v) is 27.7. The van der Waals surface area contributed by atoms with E-state index in [-0.39, 0.29) is 0 Å². The van der Waals surface area contributed by atoms with Gasteiger partial charge in [-0.05, 0) is 54.3 Å². The van der Waals surface area contributed by atoms with E-state index < -0.39 is 15.6 Å². The molecule has 270 valence electrons. The zero-order valence-electron chi connectivity index (χ0n) is 26.0. The Kier molecular flexibility index (Phi) is 10.4. The molecule has 0 fully saturated rings. The second-order valence-electron chi connectivity index (χ2n) is 11.3. The molecule has 48 heavy (non-hydrogen) atoms. The summed E-state index contributed by atoms with van der Waals surface area (Å²) in [6, 6.07) is 26.6. The van der Waals surface area contributed by atoms with Crippen molar-refractivity contribution in [2.45, 2.75) is 65.7 Å². The monoisotopic (exact) mass is 742 g/mol. The van der Waals surface area contributed by atoms with Crippen LogP contribution in [-0.4, -0.2) is 9.13 Å². The SMILES string of the molecule is CCCCn1c[n+](Cc2cccc(C[n+]3cn(CCCC)c4ccccc43)c2)c2ccccc21.F[P-](F)(F)(F)(F)F.F[P-](F)(F)(F)(F)F. The van der Waals surface area contributed by atoms with Crippen molar-refractivity contribution < 1.29 is 59.5 Å². The van der Waals surface area contributed by atoms with Crippen molar-refractivity contribution in [1.29, 1.82) is 0 Å². The van der Waals surface area contributed by atoms with Crippen LogP contribution in [0.2, 0.25) is 0 Å². The molecule has 0 bridgehead atoms. The zero-order chi connectivity index (χ0) is 36.1. The molecule has 5 rings (SSSR count). The van der Waals surface area contributed by atoms with E-state index in [1.165, 1.54) is 58.9 Å². The summed E-state index contributed by atoms with van der Waals surface area (Å²) >= 11 is 0. The van der Waals surface area contributed by atoms with Crippen LogP contribution in [0.4, 0.5) is 50.4 Å². The van der Waals surface area contributed by atoms with Gasteiger partial charge < -0.3 is 0 Å². The van der Waals surface area contributed by atoms with Gasteiger partial charge >= 0.3 is 66.0 Å². The first-order chi connectivity index (χ1) is 21.7. The molecule has 3 aromatic carbocycles. The molecule has 4 nitrogen and oxygen atoms in total. The van der Waals surface area contributed by atoms with E-state index in [4.69, 9.17) is 0 Å². The van der Waals surface area contributed by atoms with Crippen molar-refractivity contribution in [3.63, 3.8) is 0 Å². The van der Waals surface area contributed by atoms with E-state index in [9.17, 15) is 50.4 Å². The van der Waals surface area contributed by atoms with Gasteiger partial charge in [-0.3, -0.25) is 0 Å². The number of hydrogen-bond donors (Lipinski definition) is 0. The molecule has 0 radical (unpaired) electrons. The summed E-state index contributed by atoms with van der Waals surface area (Å²) in [6.45, 7) is 8.42. The summed E-state index contributed by atoms with van der Waals surface area (Å²) in [7, 11) is -21.3. The number of para-hydroxylation sites is 4. The Morgan fingerprint density at radius 3 is 1.17 bits per heavy atom. The molecule has 0 aliphatic heterocycles. The van der Waals surface area contributed by atoms with Crippen molar-refractivity contribution in [2.75, 3.05) is 0 Å². The van der Waals surface area contributed by atoms with Crippen LogP contribution < -0.4 is 9.13 Å². The molecule has 18 heteroatoms. The Labute approximate surface area is 268 Å². The van der Waals surface area contributed by atoms with Gasteiger partial charge in [0.25, 0.3) is 0 Å². The summed E-state index contributed by atoms with van der Waals surface area (Å²) in [5.74, 6) is 0. The van der Waals surface area contributed by atoms with Gasteiger partial charge in [-0.2, -0.15) is 0 Å². The molecule has 2 heterocycles. The molecule has 0 amide bonds. The number of unbranched alkanes of at least 4 members (excludes halogenated alkanes) is 2. The number of imidazole rings is 2. The van der Waals surface area contributed by atoms with Gasteiger partial charge in [-0.15, -0.1) is 0 Å². The predicted molar refractivity (Wildman–Crippen MR) is 166 cm³/mol. The second-order valence-corrected chi connectivity index (χ2v) is 15.1. The molecule has 0 saturated carbocycles. The summed E-state index contributed by atoms with van der Waals surface area (Å²) in [5, 5.41) is 0. The Hall–Kier alpha value is -3.38. The molecule has 0 aliphatic rings. The van der Waals surface area contributed by atoms with Crippen LogP contribution in [0, 0.1) is 0 Å². The maximum absolute atomic E-state index is 10.7. The van der Waals surface area contributed by atoms with E-state index >= 15 is 0 Å². The Morgan fingerprint density at radius 2 is 0.833 bits per heavy atom. The fourth-order valence-corrected chi connectivity index (χ4v) is 4.97. The molecule has 0 spiro atoms. The predicted octanol–water partition coefficient (Wildman–Crippen LogP) is 12.6. The Bertz CT molecular complexity index is 1690. The van der Waals surface area contributed by atoms with E-state index in [2.05, 4.69) is 118 Å². The topological polar surface area (TPSA) is 17.6 Å². The van der Waals surface area contributed by atoms with Crippen molar-refractivity contribution in [3.05, 3.63) is 96.6 Å². The summed E-state index contributed by atoms with van der Waals surface area (Å²) in [4.78, 5) is 0. The van der Waals surface area contributed by atoms with E-state index in [1.54, 1.807) is 0 Å². The third-order valence-corrected chi connectivity index (χ3v) is 6.76. The van der Waals surface area contributed by atoms with Crippen molar-refractivity contribution >= 4 is 37.7 Å². The fourth-order valence-electron chi connectivity index (χ4n) is 4.97. The van der Waals surface area contributed by atoms with Gasteiger partial charge in [0.15, 0.2) is 22.1 Å². The minimum atomic E-state index is -10.7. The number of aryl methyl sites for hydroxylation is 2. The quantitative estimate of drug-likeness (QED) is 0.0770. The molecular formula is C30H36F12N4P2. The maximum atomic E-state index is 9.87. The summed E-state index contributed by atoms with van der Waals surface area (Å²) in [5.41, 5.74) is 7.94. The van der Waals surface area contributed by atoms with Gasteiger partial charge in [-0.25, -0.2) is 18.3 Å². The number of fused-ring (bicyclic) bond motifs is 2. The van der Waals surface area contributed by atoms with Crippen LogP contribution in [0.15, 0.2) is 85.5 Å². The van der Waals surface area contributed by atoms with Crippen LogP contribution in [0.25, 0.3) is 22.1 Å². The molecule has 5 aromatic rings. The van der Waals surface area contributed by atoms with Gasteiger partial charge in [0.2, 0.25) is 12.7 Å². The van der Waals surface area contributed by atoms with Crippen LogP contribution in [0.1, 0.15) is 50.7 Å². The standard InChI is InChI=1S/C30H36N4.2F6P/c1-3-5-18-31-23-33(29-16-9-7-14-27(29)31)21-25-12-11-13-26(20-25)22-34-24-32(19-6-4-2)28-15-8-10-17-30(28)34;2*1-7(2,3,4,5)6/h7-17,20,23-24H,3-6,18-19,21-22H2,1-2H3;;/q+2;2*-1. The molecule has 2 aromatic heterocycles. The van der Waals surface area contributed by atoms with Crippen LogP contribution in [0.3, 0.4) is 0 Å². The first-order valence-electron chi connectivity index (χ1n) is 14.8. The third kappa shape index (κ3) is 15.7. The third-order valence-electron chi connectivity index (χ3n) is 6.76. The van der Waals surface area contributed by atoms with E-state index in [0.717, 1.165) is 26.2 Å². The average Bonchev–Trinajstić information content (AvgIpc) is 3.45.